The Kier molecular flexibility index (Phi) is 6.22. The van der Waals surface area contributed by atoms with Crippen LogP contribution < -0.4 is 5.32 Å². The van der Waals surface area contributed by atoms with E-state index >= 15 is 0 Å². The van der Waals surface area contributed by atoms with E-state index in [9.17, 15) is 14.0 Å². The molecule has 1 aliphatic heterocycles. The highest BCUT2D eigenvalue weighted by molar-refractivity contribution is 5.97. The zero-order valence-corrected chi connectivity index (χ0v) is 15.6. The van der Waals surface area contributed by atoms with E-state index in [0.717, 1.165) is 25.9 Å². The third-order valence-corrected chi connectivity index (χ3v) is 5.10. The number of carbonyl (C=O) groups is 2. The van der Waals surface area contributed by atoms with Crippen LogP contribution in [0.25, 0.3) is 0 Å². The van der Waals surface area contributed by atoms with Gasteiger partial charge in [0.2, 0.25) is 0 Å². The summed E-state index contributed by atoms with van der Waals surface area (Å²) in [7, 11) is 0. The molecule has 1 heterocycles. The number of nitrogens with one attached hydrogen (secondary N) is 1. The zero-order chi connectivity index (χ0) is 19.2. The first-order chi connectivity index (χ1) is 13.0. The number of rotatable bonds is 5. The van der Waals surface area contributed by atoms with Crippen molar-refractivity contribution in [2.24, 2.45) is 5.92 Å². The molecule has 0 spiro atoms. The molecule has 0 aliphatic carbocycles. The van der Waals surface area contributed by atoms with E-state index in [1.54, 1.807) is 42.5 Å². The second-order valence-electron chi connectivity index (χ2n) is 7.15. The lowest BCUT2D eigenvalue weighted by Crippen LogP contribution is -2.37. The Hall–Kier alpha value is -2.69. The third-order valence-electron chi connectivity index (χ3n) is 5.10. The van der Waals surface area contributed by atoms with Crippen LogP contribution in [0.15, 0.2) is 48.5 Å². The summed E-state index contributed by atoms with van der Waals surface area (Å²) in [5.74, 6) is 0.205. The normalized spacial score (nSPS) is 14.8. The van der Waals surface area contributed by atoms with Crippen LogP contribution in [0.3, 0.4) is 0 Å². The summed E-state index contributed by atoms with van der Waals surface area (Å²) < 4.78 is 13.6. The molecule has 0 radical (unpaired) electrons. The number of amides is 2. The number of hydrogen-bond donors (Lipinski definition) is 1. The maximum Gasteiger partial charge on any atom is 0.253 e. The number of benzene rings is 2. The lowest BCUT2D eigenvalue weighted by Gasteiger charge is -2.30. The Morgan fingerprint density at radius 1 is 1.04 bits per heavy atom. The second kappa shape index (κ2) is 8.80. The van der Waals surface area contributed by atoms with Crippen LogP contribution in [0, 0.1) is 11.7 Å². The maximum absolute atomic E-state index is 13.6. The Morgan fingerprint density at radius 3 is 2.33 bits per heavy atom. The van der Waals surface area contributed by atoms with Crippen molar-refractivity contribution in [1.29, 1.82) is 0 Å². The van der Waals surface area contributed by atoms with Gasteiger partial charge in [0, 0.05) is 30.8 Å². The van der Waals surface area contributed by atoms with Gasteiger partial charge in [-0.15, -0.1) is 0 Å². The molecular weight excluding hydrogens is 343 g/mol. The molecule has 0 bridgehead atoms. The van der Waals surface area contributed by atoms with Gasteiger partial charge < -0.3 is 10.2 Å². The fourth-order valence-corrected chi connectivity index (χ4v) is 3.27. The lowest BCUT2D eigenvalue weighted by atomic mass is 9.98. The van der Waals surface area contributed by atoms with Crippen molar-refractivity contribution in [3.63, 3.8) is 0 Å². The molecule has 1 aliphatic rings. The van der Waals surface area contributed by atoms with Gasteiger partial charge in [-0.1, -0.05) is 25.1 Å². The highest BCUT2D eigenvalue weighted by Crippen LogP contribution is 2.18. The molecule has 142 valence electrons. The van der Waals surface area contributed by atoms with Crippen molar-refractivity contribution in [3.8, 4) is 0 Å². The second-order valence-corrected chi connectivity index (χ2v) is 7.15. The molecule has 0 unspecified atom stereocenters. The smallest absolute Gasteiger partial charge is 0.253 e. The summed E-state index contributed by atoms with van der Waals surface area (Å²) >= 11 is 0. The molecule has 5 heteroatoms. The van der Waals surface area contributed by atoms with Crippen LogP contribution in [0.4, 0.5) is 4.39 Å². The number of piperidine rings is 1. The van der Waals surface area contributed by atoms with Crippen LogP contribution in [-0.4, -0.2) is 36.3 Å². The van der Waals surface area contributed by atoms with E-state index in [1.807, 2.05) is 4.90 Å². The van der Waals surface area contributed by atoms with E-state index < -0.39 is 0 Å². The fourth-order valence-electron chi connectivity index (χ4n) is 3.27. The van der Waals surface area contributed by atoms with Gasteiger partial charge in [0.15, 0.2) is 0 Å². The van der Waals surface area contributed by atoms with E-state index in [2.05, 4.69) is 12.2 Å². The lowest BCUT2D eigenvalue weighted by molar-refractivity contribution is 0.0696. The molecule has 0 atom stereocenters. The molecule has 1 N–H and O–H groups in total. The summed E-state index contributed by atoms with van der Waals surface area (Å²) in [5.41, 5.74) is 1.68. The van der Waals surface area contributed by atoms with Crippen molar-refractivity contribution in [2.45, 2.75) is 26.2 Å². The van der Waals surface area contributed by atoms with Crippen LogP contribution >= 0.6 is 0 Å². The van der Waals surface area contributed by atoms with E-state index in [1.165, 1.54) is 6.07 Å². The highest BCUT2D eigenvalue weighted by atomic mass is 19.1. The van der Waals surface area contributed by atoms with Crippen molar-refractivity contribution in [3.05, 3.63) is 71.0 Å². The van der Waals surface area contributed by atoms with E-state index in [0.29, 0.717) is 35.6 Å². The van der Waals surface area contributed by atoms with Gasteiger partial charge in [-0.3, -0.25) is 9.59 Å². The molecule has 2 aromatic carbocycles. The Morgan fingerprint density at radius 2 is 1.67 bits per heavy atom. The summed E-state index contributed by atoms with van der Waals surface area (Å²) in [4.78, 5) is 26.7. The van der Waals surface area contributed by atoms with Crippen molar-refractivity contribution in [2.75, 3.05) is 19.6 Å². The summed E-state index contributed by atoms with van der Waals surface area (Å²) in [6.45, 7) is 4.14. The number of likely N-dealkylation sites (tertiary alicyclic amines) is 1. The van der Waals surface area contributed by atoms with Crippen LogP contribution in [0.5, 0.6) is 0 Å². The summed E-state index contributed by atoms with van der Waals surface area (Å²) in [6, 6.07) is 13.3. The molecule has 1 fully saturated rings. The first-order valence-corrected chi connectivity index (χ1v) is 9.45. The first kappa shape index (κ1) is 19.1. The fraction of sp³-hybridized carbons (Fsp3) is 0.364. The van der Waals surface area contributed by atoms with Crippen LogP contribution in [-0.2, 0) is 6.42 Å². The SMILES string of the molecule is CC1CCN(C(=O)c2ccc(C(=O)NCCc3ccccc3F)cc2)CC1. The predicted octanol–water partition coefficient (Wildman–Crippen LogP) is 3.67. The molecular formula is C22H25FN2O2. The molecule has 27 heavy (non-hydrogen) atoms. The zero-order valence-electron chi connectivity index (χ0n) is 15.6. The van der Waals surface area contributed by atoms with Crippen molar-refractivity contribution >= 4 is 11.8 Å². The quantitative estimate of drug-likeness (QED) is 0.875. The van der Waals surface area contributed by atoms with Crippen LogP contribution in [0.2, 0.25) is 0 Å². The number of carbonyl (C=O) groups excluding carboxylic acids is 2. The molecule has 0 saturated carbocycles. The highest BCUT2D eigenvalue weighted by Gasteiger charge is 2.21. The monoisotopic (exact) mass is 368 g/mol. The van der Waals surface area contributed by atoms with Gasteiger partial charge >= 0.3 is 0 Å². The largest absolute Gasteiger partial charge is 0.352 e. The van der Waals surface area contributed by atoms with E-state index in [-0.39, 0.29) is 17.6 Å². The summed E-state index contributed by atoms with van der Waals surface area (Å²) in [6.07, 6.45) is 2.50. The van der Waals surface area contributed by atoms with Crippen LogP contribution in [0.1, 0.15) is 46.0 Å². The molecule has 1 saturated heterocycles. The topological polar surface area (TPSA) is 49.4 Å². The maximum atomic E-state index is 13.6. The Bertz CT molecular complexity index is 796. The third kappa shape index (κ3) is 4.94. The molecule has 4 nitrogen and oxygen atoms in total. The molecule has 0 aromatic heterocycles. The Labute approximate surface area is 159 Å². The number of nitrogens with zero attached hydrogens (tertiary/aromatic N) is 1. The minimum atomic E-state index is -0.262. The van der Waals surface area contributed by atoms with Gasteiger partial charge in [0.25, 0.3) is 11.8 Å². The van der Waals surface area contributed by atoms with Gasteiger partial charge in [-0.05, 0) is 61.1 Å². The minimum absolute atomic E-state index is 0.0217. The van der Waals surface area contributed by atoms with Gasteiger partial charge in [-0.2, -0.15) is 0 Å². The Balaban J connectivity index is 1.52. The van der Waals surface area contributed by atoms with Gasteiger partial charge in [0.1, 0.15) is 5.82 Å². The van der Waals surface area contributed by atoms with Crippen molar-refractivity contribution < 1.29 is 14.0 Å². The van der Waals surface area contributed by atoms with Gasteiger partial charge in [0.05, 0.1) is 0 Å². The molecule has 2 amide bonds. The number of hydrogen-bond acceptors (Lipinski definition) is 2. The summed E-state index contributed by atoms with van der Waals surface area (Å²) in [5, 5.41) is 2.79. The molecule has 2 aromatic rings. The van der Waals surface area contributed by atoms with Crippen molar-refractivity contribution in [1.82, 2.24) is 10.2 Å². The predicted molar refractivity (Wildman–Crippen MR) is 103 cm³/mol. The first-order valence-electron chi connectivity index (χ1n) is 9.45. The average molecular weight is 368 g/mol. The van der Waals surface area contributed by atoms with Gasteiger partial charge in [-0.25, -0.2) is 4.39 Å². The van der Waals surface area contributed by atoms with E-state index in [4.69, 9.17) is 0 Å². The average Bonchev–Trinajstić information content (AvgIpc) is 2.69. The number of halogens is 1. The standard InChI is InChI=1S/C22H25FN2O2/c1-16-11-14-25(15-12-16)22(27)19-8-6-18(7-9-19)21(26)24-13-10-17-4-2-3-5-20(17)23/h2-9,16H,10-15H2,1H3,(H,24,26). The molecule has 3 rings (SSSR count). The minimum Gasteiger partial charge on any atom is -0.352 e.